The van der Waals surface area contributed by atoms with Crippen molar-refractivity contribution in [3.8, 4) is 0 Å². The van der Waals surface area contributed by atoms with E-state index in [9.17, 15) is 9.59 Å². The molecule has 0 atom stereocenters. The van der Waals surface area contributed by atoms with Crippen LogP contribution in [-0.4, -0.2) is 63.9 Å². The van der Waals surface area contributed by atoms with Crippen LogP contribution in [-0.2, 0) is 23.5 Å². The van der Waals surface area contributed by atoms with Gasteiger partial charge in [-0.3, -0.25) is 9.59 Å². The van der Waals surface area contributed by atoms with Crippen LogP contribution >= 0.6 is 0 Å². The van der Waals surface area contributed by atoms with E-state index in [-0.39, 0.29) is 0 Å². The molecule has 0 fully saturated rings. The molecule has 0 aliphatic carbocycles. The van der Waals surface area contributed by atoms with Gasteiger partial charge in [0.05, 0.1) is 0 Å². The average molecular weight is 485 g/mol. The van der Waals surface area contributed by atoms with Gasteiger partial charge in [-0.05, 0) is 64.3 Å². The minimum Gasteiger partial charge on any atom is -0.418 e. The summed E-state index contributed by atoms with van der Waals surface area (Å²) in [4.78, 5) is 23.6. The van der Waals surface area contributed by atoms with Crippen molar-refractivity contribution in [2.45, 2.75) is 115 Å². The molecule has 0 bridgehead atoms. The summed E-state index contributed by atoms with van der Waals surface area (Å²) in [7, 11) is 1.60. The highest BCUT2D eigenvalue weighted by Gasteiger charge is 2.03. The zero-order valence-corrected chi connectivity index (χ0v) is 22.9. The Morgan fingerprint density at radius 3 is 1.44 bits per heavy atom. The third kappa shape index (κ3) is 25.9. The molecular formula is C25H48O5Si2. The third-order valence-corrected chi connectivity index (χ3v) is 7.08. The largest absolute Gasteiger partial charge is 0.418 e. The summed E-state index contributed by atoms with van der Waals surface area (Å²) in [6, 6.07) is 2.35. The van der Waals surface area contributed by atoms with Gasteiger partial charge >= 0.3 is 0 Å². The fourth-order valence-electron chi connectivity index (χ4n) is 3.23. The number of ketones is 2. The van der Waals surface area contributed by atoms with Gasteiger partial charge in [-0.15, -0.1) is 0 Å². The molecule has 5 nitrogen and oxygen atoms in total. The van der Waals surface area contributed by atoms with Gasteiger partial charge in [0.2, 0.25) is 9.76 Å². The third-order valence-electron chi connectivity index (χ3n) is 5.18. The molecule has 0 aromatic rings. The molecule has 7 heteroatoms. The molecule has 186 valence electrons. The number of hydrogen-bond acceptors (Lipinski definition) is 5. The predicted molar refractivity (Wildman–Crippen MR) is 135 cm³/mol. The van der Waals surface area contributed by atoms with Gasteiger partial charge < -0.3 is 13.9 Å². The zero-order valence-electron chi connectivity index (χ0n) is 20.9. The molecule has 0 rings (SSSR count). The van der Waals surface area contributed by atoms with Crippen molar-refractivity contribution in [3.05, 3.63) is 0 Å². The molecule has 0 unspecified atom stereocenters. The van der Waals surface area contributed by atoms with Gasteiger partial charge in [-0.2, -0.15) is 0 Å². The van der Waals surface area contributed by atoms with Crippen LogP contribution in [0.2, 0.25) is 18.6 Å². The molecule has 0 saturated heterocycles. The van der Waals surface area contributed by atoms with Crippen LogP contribution < -0.4 is 0 Å². The minimum atomic E-state index is 0.388. The molecule has 0 amide bonds. The summed E-state index contributed by atoms with van der Waals surface area (Å²) in [5, 5.41) is 0. The highest BCUT2D eigenvalue weighted by molar-refractivity contribution is 6.33. The number of rotatable bonds is 27. The minimum absolute atomic E-state index is 0.388. The van der Waals surface area contributed by atoms with Crippen molar-refractivity contribution in [1.29, 1.82) is 0 Å². The van der Waals surface area contributed by atoms with Crippen molar-refractivity contribution in [1.82, 2.24) is 0 Å². The molecule has 0 saturated carbocycles. The van der Waals surface area contributed by atoms with Gasteiger partial charge in [-0.1, -0.05) is 25.4 Å². The molecule has 32 heavy (non-hydrogen) atoms. The first-order valence-corrected chi connectivity index (χ1v) is 15.7. The summed E-state index contributed by atoms with van der Waals surface area (Å²) in [6.07, 6.45) is 13.1. The number of Topliss-reactive ketones (excluding diaryl/α,β-unsaturated/α-hetero) is 2. The van der Waals surface area contributed by atoms with Gasteiger partial charge in [-0.25, -0.2) is 0 Å². The van der Waals surface area contributed by atoms with Crippen LogP contribution in [0.15, 0.2) is 0 Å². The monoisotopic (exact) mass is 484 g/mol. The van der Waals surface area contributed by atoms with Crippen molar-refractivity contribution < 1.29 is 23.5 Å². The Bertz CT molecular complexity index is 421. The van der Waals surface area contributed by atoms with E-state index in [1.165, 1.54) is 12.5 Å². The summed E-state index contributed by atoms with van der Waals surface area (Å²) in [5.74, 6) is 0.804. The second kappa shape index (κ2) is 26.9. The van der Waals surface area contributed by atoms with E-state index in [1.54, 1.807) is 0 Å². The topological polar surface area (TPSA) is 61.8 Å². The Balaban J connectivity index is 3.18. The first-order valence-electron chi connectivity index (χ1n) is 12.9. The maximum absolute atomic E-state index is 11.8. The number of unbranched alkanes of at least 4 members (excludes halogenated alkanes) is 5. The van der Waals surface area contributed by atoms with E-state index in [4.69, 9.17) is 13.9 Å². The van der Waals surface area contributed by atoms with Gasteiger partial charge in [0, 0.05) is 68.2 Å². The van der Waals surface area contributed by atoms with E-state index >= 15 is 0 Å². The molecule has 0 aliphatic heterocycles. The fraction of sp³-hybridized carbons (Fsp3) is 0.920. The lowest BCUT2D eigenvalue weighted by Crippen LogP contribution is -2.03. The summed E-state index contributed by atoms with van der Waals surface area (Å²) in [6.45, 7) is 8.07. The van der Waals surface area contributed by atoms with Gasteiger partial charge in [0.25, 0.3) is 0 Å². The standard InChI is InChI=1S/C25H48O5Si2/c1-3-30-32-23-13-7-17-25(27)15-5-9-19-29-21-11-10-20-28-18-8-4-14-24(26)16-6-12-22-31-2/h3-23H2,1-2H3. The Hall–Kier alpha value is -0.346. The SMILES string of the molecule is CCO[Si]CCCCC(=O)CCCCOCCCCOCCCCC(=O)CCCC[Si]C. The van der Waals surface area contributed by atoms with Crippen LogP contribution in [0.25, 0.3) is 0 Å². The van der Waals surface area contributed by atoms with Crippen LogP contribution in [0.3, 0.4) is 0 Å². The van der Waals surface area contributed by atoms with Crippen LogP contribution in [0.1, 0.15) is 96.8 Å². The van der Waals surface area contributed by atoms with E-state index in [0.717, 1.165) is 113 Å². The molecule has 0 spiro atoms. The Kier molecular flexibility index (Phi) is 26.6. The van der Waals surface area contributed by atoms with Crippen LogP contribution in [0.4, 0.5) is 0 Å². The number of carbonyl (C=O) groups excluding carboxylic acids is 2. The lowest BCUT2D eigenvalue weighted by Gasteiger charge is -2.06. The smallest absolute Gasteiger partial charge is 0.229 e. The Labute approximate surface area is 202 Å². The summed E-state index contributed by atoms with van der Waals surface area (Å²) in [5.41, 5.74) is 0. The molecule has 0 aliphatic rings. The van der Waals surface area contributed by atoms with Crippen LogP contribution in [0.5, 0.6) is 0 Å². The molecular weight excluding hydrogens is 436 g/mol. The normalized spacial score (nSPS) is 11.2. The molecule has 0 heterocycles. The quantitative estimate of drug-likeness (QED) is 0.108. The lowest BCUT2D eigenvalue weighted by molar-refractivity contribution is -0.120. The molecule has 4 radical (unpaired) electrons. The first-order chi connectivity index (χ1) is 15.7. The van der Waals surface area contributed by atoms with Crippen molar-refractivity contribution >= 4 is 30.8 Å². The maximum Gasteiger partial charge on any atom is 0.229 e. The molecule has 0 aromatic carbocycles. The summed E-state index contributed by atoms with van der Waals surface area (Å²) >= 11 is 0. The highest BCUT2D eigenvalue weighted by atomic mass is 28.2. The lowest BCUT2D eigenvalue weighted by atomic mass is 10.1. The van der Waals surface area contributed by atoms with Gasteiger partial charge in [0.15, 0.2) is 0 Å². The first kappa shape index (κ1) is 31.7. The Morgan fingerprint density at radius 1 is 0.594 bits per heavy atom. The van der Waals surface area contributed by atoms with Crippen molar-refractivity contribution in [2.24, 2.45) is 0 Å². The summed E-state index contributed by atoms with van der Waals surface area (Å²) < 4.78 is 16.6. The highest BCUT2D eigenvalue weighted by Crippen LogP contribution is 2.07. The second-order valence-electron chi connectivity index (χ2n) is 8.27. The van der Waals surface area contributed by atoms with E-state index in [2.05, 4.69) is 6.55 Å². The van der Waals surface area contributed by atoms with E-state index in [0.29, 0.717) is 40.6 Å². The maximum atomic E-state index is 11.8. The molecule has 0 aromatic heterocycles. The zero-order chi connectivity index (χ0) is 23.5. The number of carbonyl (C=O) groups is 2. The Morgan fingerprint density at radius 2 is 1.00 bits per heavy atom. The van der Waals surface area contributed by atoms with Gasteiger partial charge in [0.1, 0.15) is 11.6 Å². The van der Waals surface area contributed by atoms with E-state index < -0.39 is 0 Å². The van der Waals surface area contributed by atoms with E-state index in [1.807, 2.05) is 6.92 Å². The number of ether oxygens (including phenoxy) is 2. The predicted octanol–water partition coefficient (Wildman–Crippen LogP) is 5.86. The number of hydrogen-bond donors (Lipinski definition) is 0. The molecule has 0 N–H and O–H groups in total. The second-order valence-corrected chi connectivity index (χ2v) is 10.6. The van der Waals surface area contributed by atoms with Crippen molar-refractivity contribution in [2.75, 3.05) is 33.0 Å². The van der Waals surface area contributed by atoms with Crippen LogP contribution in [0, 0.1) is 0 Å². The van der Waals surface area contributed by atoms with Crippen molar-refractivity contribution in [3.63, 3.8) is 0 Å². The average Bonchev–Trinajstić information content (AvgIpc) is 2.79. The fourth-order valence-corrected chi connectivity index (χ4v) is 4.58.